The molecule has 0 fully saturated rings. The fourth-order valence-corrected chi connectivity index (χ4v) is 2.67. The predicted octanol–water partition coefficient (Wildman–Crippen LogP) is 5.02. The molecule has 0 saturated heterocycles. The number of nitrogens with zero attached hydrogens (tertiary/aromatic N) is 1. The fraction of sp³-hybridized carbons (Fsp3) is 0.850. The number of rotatable bonds is 15. The highest BCUT2D eigenvalue weighted by atomic mass is 16.1. The van der Waals surface area contributed by atoms with Crippen LogP contribution in [0.4, 0.5) is 0 Å². The van der Waals surface area contributed by atoms with Gasteiger partial charge >= 0.3 is 0 Å². The summed E-state index contributed by atoms with van der Waals surface area (Å²) in [7, 11) is 4.34. The first-order valence-electron chi connectivity index (χ1n) is 9.72. The summed E-state index contributed by atoms with van der Waals surface area (Å²) in [6, 6.07) is 0. The smallest absolute Gasteiger partial charge is 0.229 e. The molecule has 0 aromatic rings. The number of carbonyl (C=O) groups excluding carboxylic acids is 1. The van der Waals surface area contributed by atoms with Gasteiger partial charge in [-0.3, -0.25) is 9.28 Å². The van der Waals surface area contributed by atoms with Gasteiger partial charge in [-0.25, -0.2) is 0 Å². The molecule has 1 amide bonds. The Labute approximate surface area is 145 Å². The summed E-state index contributed by atoms with van der Waals surface area (Å²) >= 11 is 0. The number of quaternary nitrogens is 1. The van der Waals surface area contributed by atoms with E-state index in [1.165, 1.54) is 51.4 Å². The monoisotopic (exact) mass is 325 g/mol. The standard InChI is InChI=1S/C20H40N2O/c1-6-8-10-11-12-13-14-15-17-22(4,5)19(3)18-20(23)21-16-9-7-2/h3,6-18H2,1-2,4-5H3/p+1. The Balaban J connectivity index is 3.80. The normalized spacial score (nSPS) is 11.5. The van der Waals surface area contributed by atoms with Crippen molar-refractivity contribution in [2.75, 3.05) is 27.2 Å². The highest BCUT2D eigenvalue weighted by Crippen LogP contribution is 2.16. The molecule has 0 aliphatic carbocycles. The van der Waals surface area contributed by atoms with Crippen molar-refractivity contribution >= 4 is 5.91 Å². The second-order valence-electron chi connectivity index (χ2n) is 7.33. The van der Waals surface area contributed by atoms with Crippen LogP contribution in [0.15, 0.2) is 12.3 Å². The quantitative estimate of drug-likeness (QED) is 0.332. The SMILES string of the molecule is C=C(CC(=O)NCCCC)[N+](C)(C)CCCCCCCCCC. The molecule has 0 aliphatic rings. The van der Waals surface area contributed by atoms with Gasteiger partial charge in [0, 0.05) is 6.54 Å². The van der Waals surface area contributed by atoms with Gasteiger partial charge in [0.25, 0.3) is 0 Å². The Morgan fingerprint density at radius 1 is 0.870 bits per heavy atom. The zero-order chi connectivity index (χ0) is 17.6. The van der Waals surface area contributed by atoms with Gasteiger partial charge in [0.2, 0.25) is 5.91 Å². The minimum atomic E-state index is 0.116. The molecule has 0 bridgehead atoms. The number of nitrogens with one attached hydrogen (secondary N) is 1. The highest BCUT2D eigenvalue weighted by Gasteiger charge is 2.21. The summed E-state index contributed by atoms with van der Waals surface area (Å²) in [4.78, 5) is 11.9. The Morgan fingerprint density at radius 2 is 1.39 bits per heavy atom. The molecule has 1 N–H and O–H groups in total. The van der Waals surface area contributed by atoms with Crippen molar-refractivity contribution in [3.8, 4) is 0 Å². The summed E-state index contributed by atoms with van der Waals surface area (Å²) in [5.41, 5.74) is 1.02. The zero-order valence-electron chi connectivity index (χ0n) is 16.3. The summed E-state index contributed by atoms with van der Waals surface area (Å²) < 4.78 is 0.761. The molecule has 3 nitrogen and oxygen atoms in total. The first kappa shape index (κ1) is 22.2. The molecule has 0 unspecified atom stereocenters. The molecule has 0 aromatic carbocycles. The molecule has 0 aliphatic heterocycles. The van der Waals surface area contributed by atoms with Gasteiger partial charge in [0.15, 0.2) is 0 Å². The average Bonchev–Trinajstić information content (AvgIpc) is 2.50. The summed E-state index contributed by atoms with van der Waals surface area (Å²) in [6.07, 6.45) is 13.3. The van der Waals surface area contributed by atoms with Crippen LogP contribution < -0.4 is 5.32 Å². The molecule has 0 atom stereocenters. The fourth-order valence-electron chi connectivity index (χ4n) is 2.67. The van der Waals surface area contributed by atoms with E-state index >= 15 is 0 Å². The van der Waals surface area contributed by atoms with Crippen molar-refractivity contribution in [3.63, 3.8) is 0 Å². The summed E-state index contributed by atoms with van der Waals surface area (Å²) in [6.45, 7) is 10.4. The highest BCUT2D eigenvalue weighted by molar-refractivity contribution is 5.77. The van der Waals surface area contributed by atoms with Crippen molar-refractivity contribution in [2.24, 2.45) is 0 Å². The largest absolute Gasteiger partial charge is 0.356 e. The third-order valence-electron chi connectivity index (χ3n) is 4.64. The first-order valence-corrected chi connectivity index (χ1v) is 9.72. The van der Waals surface area contributed by atoms with Gasteiger partial charge in [-0.15, -0.1) is 0 Å². The Hall–Kier alpha value is -0.830. The lowest BCUT2D eigenvalue weighted by atomic mass is 10.1. The average molecular weight is 326 g/mol. The van der Waals surface area contributed by atoms with Gasteiger partial charge in [-0.05, 0) is 25.8 Å². The topological polar surface area (TPSA) is 29.1 Å². The van der Waals surface area contributed by atoms with E-state index in [-0.39, 0.29) is 5.91 Å². The van der Waals surface area contributed by atoms with E-state index in [2.05, 4.69) is 39.8 Å². The van der Waals surface area contributed by atoms with Gasteiger partial charge in [0.05, 0.1) is 20.6 Å². The van der Waals surface area contributed by atoms with E-state index in [1.54, 1.807) is 0 Å². The van der Waals surface area contributed by atoms with Crippen molar-refractivity contribution in [3.05, 3.63) is 12.3 Å². The van der Waals surface area contributed by atoms with E-state index < -0.39 is 0 Å². The lowest BCUT2D eigenvalue weighted by molar-refractivity contribution is -0.853. The van der Waals surface area contributed by atoms with Crippen LogP contribution in [0.25, 0.3) is 0 Å². The molecule has 0 saturated carbocycles. The molecule has 0 rings (SSSR count). The number of amides is 1. The number of carbonyl (C=O) groups is 1. The number of hydrogen-bond acceptors (Lipinski definition) is 1. The molecule has 3 heteroatoms. The summed E-state index contributed by atoms with van der Waals surface area (Å²) in [5, 5.41) is 2.98. The third-order valence-corrected chi connectivity index (χ3v) is 4.64. The molecule has 0 spiro atoms. The Bertz CT molecular complexity index is 324. The molecule has 0 heterocycles. The number of hydrogen-bond donors (Lipinski definition) is 1. The molecular formula is C20H41N2O+. The van der Waals surface area contributed by atoms with E-state index in [9.17, 15) is 4.79 Å². The van der Waals surface area contributed by atoms with E-state index in [0.29, 0.717) is 6.42 Å². The van der Waals surface area contributed by atoms with Crippen LogP contribution in [-0.2, 0) is 4.79 Å². The molecule has 0 radical (unpaired) electrons. The van der Waals surface area contributed by atoms with Crippen LogP contribution in [0.1, 0.15) is 84.5 Å². The van der Waals surface area contributed by atoms with E-state index in [4.69, 9.17) is 0 Å². The molecule has 0 aromatic heterocycles. The van der Waals surface area contributed by atoms with Gasteiger partial charge < -0.3 is 5.32 Å². The van der Waals surface area contributed by atoms with Crippen LogP contribution in [0.2, 0.25) is 0 Å². The predicted molar refractivity (Wildman–Crippen MR) is 101 cm³/mol. The summed E-state index contributed by atoms with van der Waals surface area (Å²) in [5.74, 6) is 0.116. The van der Waals surface area contributed by atoms with Crippen molar-refractivity contribution in [1.29, 1.82) is 0 Å². The Kier molecular flexibility index (Phi) is 13.1. The number of unbranched alkanes of at least 4 members (excludes halogenated alkanes) is 8. The van der Waals surface area contributed by atoms with Crippen LogP contribution in [0.5, 0.6) is 0 Å². The minimum Gasteiger partial charge on any atom is -0.356 e. The van der Waals surface area contributed by atoms with E-state index in [1.807, 2.05) is 0 Å². The molecular weight excluding hydrogens is 284 g/mol. The maximum absolute atomic E-state index is 11.9. The maximum atomic E-state index is 11.9. The second-order valence-corrected chi connectivity index (χ2v) is 7.33. The van der Waals surface area contributed by atoms with Gasteiger partial charge in [-0.2, -0.15) is 0 Å². The lowest BCUT2D eigenvalue weighted by Crippen LogP contribution is -2.41. The maximum Gasteiger partial charge on any atom is 0.229 e. The van der Waals surface area contributed by atoms with Crippen LogP contribution in [-0.4, -0.2) is 37.6 Å². The minimum absolute atomic E-state index is 0.116. The molecule has 136 valence electrons. The van der Waals surface area contributed by atoms with Crippen LogP contribution in [0, 0.1) is 0 Å². The zero-order valence-corrected chi connectivity index (χ0v) is 16.3. The van der Waals surface area contributed by atoms with Crippen LogP contribution in [0.3, 0.4) is 0 Å². The van der Waals surface area contributed by atoms with Gasteiger partial charge in [0.1, 0.15) is 12.1 Å². The lowest BCUT2D eigenvalue weighted by Gasteiger charge is -2.31. The van der Waals surface area contributed by atoms with Crippen molar-refractivity contribution in [1.82, 2.24) is 5.32 Å². The second kappa shape index (κ2) is 13.6. The Morgan fingerprint density at radius 3 is 1.96 bits per heavy atom. The van der Waals surface area contributed by atoms with Crippen LogP contribution >= 0.6 is 0 Å². The van der Waals surface area contributed by atoms with Crippen molar-refractivity contribution in [2.45, 2.75) is 84.5 Å². The van der Waals surface area contributed by atoms with Gasteiger partial charge in [-0.1, -0.05) is 58.8 Å². The first-order chi connectivity index (χ1) is 10.9. The van der Waals surface area contributed by atoms with E-state index in [0.717, 1.165) is 36.1 Å². The molecule has 23 heavy (non-hydrogen) atoms. The van der Waals surface area contributed by atoms with Crippen molar-refractivity contribution < 1.29 is 9.28 Å². The third kappa shape index (κ3) is 12.3.